The fourth-order valence-electron chi connectivity index (χ4n) is 3.06. The number of benzene rings is 2. The summed E-state index contributed by atoms with van der Waals surface area (Å²) in [6.45, 7) is 17.1. The summed E-state index contributed by atoms with van der Waals surface area (Å²) in [5.74, 6) is 0. The fourth-order valence-corrected chi connectivity index (χ4v) is 3.06. The van der Waals surface area contributed by atoms with Gasteiger partial charge in [-0.1, -0.05) is 75.4 Å². The largest absolute Gasteiger partial charge is 0.298 e. The van der Waals surface area contributed by atoms with Crippen LogP contribution in [0.15, 0.2) is 49.0 Å². The van der Waals surface area contributed by atoms with Crippen molar-refractivity contribution in [2.75, 3.05) is 7.05 Å². The summed E-state index contributed by atoms with van der Waals surface area (Å²) >= 11 is 0. The molecule has 0 atom stereocenters. The zero-order valence-electron chi connectivity index (χ0n) is 16.1. The van der Waals surface area contributed by atoms with Crippen molar-refractivity contribution in [2.24, 2.45) is 0 Å². The Morgan fingerprint density at radius 3 is 2.17 bits per heavy atom. The van der Waals surface area contributed by atoms with Crippen LogP contribution < -0.4 is 0 Å². The smallest absolute Gasteiger partial charge is 0.0242 e. The lowest BCUT2D eigenvalue weighted by Gasteiger charge is -2.22. The highest BCUT2D eigenvalue weighted by atomic mass is 15.1. The molecule has 0 saturated heterocycles. The van der Waals surface area contributed by atoms with Crippen LogP contribution in [0.3, 0.4) is 0 Å². The van der Waals surface area contributed by atoms with E-state index < -0.39 is 0 Å². The Morgan fingerprint density at radius 2 is 1.62 bits per heavy atom. The van der Waals surface area contributed by atoms with Gasteiger partial charge in [0.15, 0.2) is 0 Å². The van der Waals surface area contributed by atoms with Crippen LogP contribution in [0.4, 0.5) is 0 Å². The van der Waals surface area contributed by atoms with E-state index in [9.17, 15) is 0 Å². The molecule has 0 fully saturated rings. The van der Waals surface area contributed by atoms with E-state index in [1.165, 1.54) is 27.8 Å². The van der Waals surface area contributed by atoms with Crippen LogP contribution in [0, 0.1) is 6.92 Å². The lowest BCUT2D eigenvalue weighted by molar-refractivity contribution is 0.318. The van der Waals surface area contributed by atoms with E-state index in [0.717, 1.165) is 18.7 Å². The molecule has 0 amide bonds. The third-order valence-corrected chi connectivity index (χ3v) is 4.57. The summed E-state index contributed by atoms with van der Waals surface area (Å²) in [6, 6.07) is 15.5. The highest BCUT2D eigenvalue weighted by molar-refractivity contribution is 5.65. The van der Waals surface area contributed by atoms with E-state index in [4.69, 9.17) is 0 Å². The van der Waals surface area contributed by atoms with Crippen molar-refractivity contribution in [1.82, 2.24) is 4.90 Å². The first-order valence-corrected chi connectivity index (χ1v) is 8.71. The molecule has 0 aliphatic heterocycles. The predicted molar refractivity (Wildman–Crippen MR) is 106 cm³/mol. The Morgan fingerprint density at radius 1 is 1.00 bits per heavy atom. The van der Waals surface area contributed by atoms with Gasteiger partial charge in [-0.05, 0) is 54.1 Å². The second kappa shape index (κ2) is 7.36. The Balaban J connectivity index is 2.12. The van der Waals surface area contributed by atoms with Gasteiger partial charge in [-0.3, -0.25) is 4.90 Å². The molecule has 0 bridgehead atoms. The number of hydrogen-bond acceptors (Lipinski definition) is 1. The maximum atomic E-state index is 4.13. The van der Waals surface area contributed by atoms with Crippen molar-refractivity contribution in [3.05, 3.63) is 76.9 Å². The highest BCUT2D eigenvalue weighted by Crippen LogP contribution is 2.24. The number of hydrogen-bond donors (Lipinski definition) is 0. The monoisotopic (exact) mass is 321 g/mol. The molecule has 0 aliphatic rings. The normalized spacial score (nSPS) is 11.8. The minimum Gasteiger partial charge on any atom is -0.298 e. The second-order valence-electron chi connectivity index (χ2n) is 8.00. The molecule has 2 rings (SSSR count). The van der Waals surface area contributed by atoms with Gasteiger partial charge >= 0.3 is 0 Å². The maximum Gasteiger partial charge on any atom is 0.0242 e. The van der Waals surface area contributed by atoms with Gasteiger partial charge in [0, 0.05) is 13.1 Å². The van der Waals surface area contributed by atoms with Crippen LogP contribution >= 0.6 is 0 Å². The van der Waals surface area contributed by atoms with Crippen molar-refractivity contribution in [3.8, 4) is 0 Å². The number of nitrogens with zero attached hydrogens (tertiary/aromatic N) is 1. The van der Waals surface area contributed by atoms with E-state index >= 15 is 0 Å². The van der Waals surface area contributed by atoms with Gasteiger partial charge in [-0.2, -0.15) is 0 Å². The Kier molecular flexibility index (Phi) is 5.66. The molecule has 0 spiro atoms. The summed E-state index contributed by atoms with van der Waals surface area (Å²) in [5.41, 5.74) is 8.10. The lowest BCUT2D eigenvalue weighted by atomic mass is 9.87. The average molecular weight is 322 g/mol. The summed E-state index contributed by atoms with van der Waals surface area (Å²) in [5, 5.41) is 0. The zero-order valence-corrected chi connectivity index (χ0v) is 16.1. The summed E-state index contributed by atoms with van der Waals surface area (Å²) in [4.78, 5) is 2.38. The van der Waals surface area contributed by atoms with Gasteiger partial charge in [-0.15, -0.1) is 0 Å². The van der Waals surface area contributed by atoms with Crippen molar-refractivity contribution in [3.63, 3.8) is 0 Å². The summed E-state index contributed by atoms with van der Waals surface area (Å²) in [7, 11) is 2.19. The van der Waals surface area contributed by atoms with E-state index in [1.807, 2.05) is 0 Å². The van der Waals surface area contributed by atoms with Gasteiger partial charge in [0.05, 0.1) is 0 Å². The zero-order chi connectivity index (χ0) is 17.9. The van der Waals surface area contributed by atoms with Crippen LogP contribution in [0.5, 0.6) is 0 Å². The van der Waals surface area contributed by atoms with E-state index in [0.29, 0.717) is 0 Å². The average Bonchev–Trinajstić information content (AvgIpc) is 2.48. The minimum atomic E-state index is 0.210. The van der Waals surface area contributed by atoms with Gasteiger partial charge < -0.3 is 0 Å². The number of aryl methyl sites for hydroxylation is 1. The minimum absolute atomic E-state index is 0.210. The van der Waals surface area contributed by atoms with Crippen molar-refractivity contribution >= 4 is 5.57 Å². The topological polar surface area (TPSA) is 3.24 Å². The first-order valence-electron chi connectivity index (χ1n) is 8.71. The first-order chi connectivity index (χ1) is 11.2. The molecule has 2 aromatic rings. The van der Waals surface area contributed by atoms with E-state index in [1.54, 1.807) is 0 Å². The van der Waals surface area contributed by atoms with Crippen LogP contribution in [0.1, 0.15) is 55.5 Å². The molecular formula is C23H31N. The molecule has 1 nitrogen and oxygen atoms in total. The summed E-state index contributed by atoms with van der Waals surface area (Å²) in [6.07, 6.45) is 0. The quantitative estimate of drug-likeness (QED) is 0.657. The van der Waals surface area contributed by atoms with E-state index in [-0.39, 0.29) is 5.41 Å². The number of rotatable bonds is 5. The Labute approximate surface area is 148 Å². The maximum absolute atomic E-state index is 4.13. The molecule has 24 heavy (non-hydrogen) atoms. The Hall–Kier alpha value is -1.86. The SMILES string of the molecule is C=C(C)c1cccc(C)c1CN(C)Cc1ccc(C(C)(C)C)cc1. The summed E-state index contributed by atoms with van der Waals surface area (Å²) < 4.78 is 0. The second-order valence-corrected chi connectivity index (χ2v) is 8.00. The van der Waals surface area contributed by atoms with E-state index in [2.05, 4.69) is 95.6 Å². The van der Waals surface area contributed by atoms with Crippen molar-refractivity contribution < 1.29 is 0 Å². The molecule has 0 heterocycles. The first kappa shape index (κ1) is 18.5. The standard InChI is InChI=1S/C23H31N/c1-17(2)21-10-8-9-18(3)22(21)16-24(7)15-19-11-13-20(14-12-19)23(4,5)6/h8-14H,1,15-16H2,2-7H3. The molecule has 0 aliphatic carbocycles. The molecule has 128 valence electrons. The molecule has 0 aromatic heterocycles. The highest BCUT2D eigenvalue weighted by Gasteiger charge is 2.13. The third kappa shape index (κ3) is 4.58. The molecule has 1 heteroatoms. The molecular weight excluding hydrogens is 290 g/mol. The van der Waals surface area contributed by atoms with Gasteiger partial charge in [-0.25, -0.2) is 0 Å². The Bertz CT molecular complexity index is 702. The van der Waals surface area contributed by atoms with Crippen molar-refractivity contribution in [1.29, 1.82) is 0 Å². The predicted octanol–water partition coefficient (Wildman–Crippen LogP) is 5.96. The van der Waals surface area contributed by atoms with Crippen LogP contribution in [-0.2, 0) is 18.5 Å². The van der Waals surface area contributed by atoms with Gasteiger partial charge in [0.1, 0.15) is 0 Å². The fraction of sp³-hybridized carbons (Fsp3) is 0.391. The van der Waals surface area contributed by atoms with Crippen LogP contribution in [0.2, 0.25) is 0 Å². The molecule has 0 radical (unpaired) electrons. The van der Waals surface area contributed by atoms with Crippen molar-refractivity contribution in [2.45, 2.75) is 53.1 Å². The molecule has 0 unspecified atom stereocenters. The molecule has 2 aromatic carbocycles. The van der Waals surface area contributed by atoms with Crippen LogP contribution in [-0.4, -0.2) is 11.9 Å². The molecule has 0 N–H and O–H groups in total. The third-order valence-electron chi connectivity index (χ3n) is 4.57. The molecule has 0 saturated carbocycles. The number of allylic oxidation sites excluding steroid dienone is 1. The van der Waals surface area contributed by atoms with Gasteiger partial charge in [0.25, 0.3) is 0 Å². The lowest BCUT2D eigenvalue weighted by Crippen LogP contribution is -2.19. The van der Waals surface area contributed by atoms with Crippen LogP contribution in [0.25, 0.3) is 5.57 Å². The van der Waals surface area contributed by atoms with Gasteiger partial charge in [0.2, 0.25) is 0 Å².